The first-order chi connectivity index (χ1) is 10.2. The summed E-state index contributed by atoms with van der Waals surface area (Å²) >= 11 is 0. The fourth-order valence-electron chi connectivity index (χ4n) is 1.28. The number of Topliss-reactive ketones (excluding diaryl/α,β-unsaturated/α-hetero) is 2. The van der Waals surface area contributed by atoms with E-state index in [0.29, 0.717) is 0 Å². The van der Waals surface area contributed by atoms with Gasteiger partial charge in [-0.3, -0.25) is 14.4 Å². The van der Waals surface area contributed by atoms with E-state index >= 15 is 0 Å². The van der Waals surface area contributed by atoms with Gasteiger partial charge >= 0.3 is 17.9 Å². The van der Waals surface area contributed by atoms with Gasteiger partial charge in [-0.05, 0) is 20.8 Å². The number of ketones is 2. The van der Waals surface area contributed by atoms with Crippen LogP contribution in [0.5, 0.6) is 0 Å². The molecule has 0 aliphatic rings. The van der Waals surface area contributed by atoms with Crippen molar-refractivity contribution in [3.8, 4) is 0 Å². The number of carbonyl (C=O) groups is 5. The van der Waals surface area contributed by atoms with Gasteiger partial charge in [-0.1, -0.05) is 6.92 Å². The predicted molar refractivity (Wildman–Crippen MR) is 71.9 cm³/mol. The van der Waals surface area contributed by atoms with Crippen LogP contribution in [-0.2, 0) is 38.5 Å². The molecule has 8 heteroatoms. The number of rotatable bonds is 7. The normalized spacial score (nSPS) is 11.1. The molecule has 0 aromatic heterocycles. The Balaban J connectivity index is 4.70. The van der Waals surface area contributed by atoms with E-state index in [1.165, 1.54) is 20.8 Å². The van der Waals surface area contributed by atoms with Crippen LogP contribution in [0, 0.1) is 0 Å². The summed E-state index contributed by atoms with van der Waals surface area (Å²) in [5.41, 5.74) is -0.0879. The lowest BCUT2D eigenvalue weighted by molar-refractivity contribution is -0.255. The molecule has 0 bridgehead atoms. The van der Waals surface area contributed by atoms with Crippen LogP contribution in [0.4, 0.5) is 0 Å². The molecule has 0 aliphatic heterocycles. The average Bonchev–Trinajstić information content (AvgIpc) is 2.39. The number of allylic oxidation sites excluding steroid dienone is 1. The third-order valence-electron chi connectivity index (χ3n) is 2.28. The van der Waals surface area contributed by atoms with Gasteiger partial charge in [-0.2, -0.15) is 0 Å². The van der Waals surface area contributed by atoms with Crippen LogP contribution in [0.1, 0.15) is 47.0 Å². The summed E-state index contributed by atoms with van der Waals surface area (Å²) in [6, 6.07) is 0. The van der Waals surface area contributed by atoms with E-state index < -0.39 is 36.5 Å². The minimum atomic E-state index is -1.04. The summed E-state index contributed by atoms with van der Waals surface area (Å²) in [5.74, 6) is -3.67. The fourth-order valence-corrected chi connectivity index (χ4v) is 1.28. The first-order valence-corrected chi connectivity index (χ1v) is 6.48. The van der Waals surface area contributed by atoms with Crippen LogP contribution in [0.3, 0.4) is 0 Å². The SMILES string of the molecule is CCC(OC(=O)CC(C)=O)=C(C)C(=O)OOC(=O)CC(C)=O. The van der Waals surface area contributed by atoms with Crippen molar-refractivity contribution in [3.63, 3.8) is 0 Å². The maximum Gasteiger partial charge on any atom is 0.385 e. The fraction of sp³-hybridized carbons (Fsp3) is 0.500. The maximum atomic E-state index is 11.6. The summed E-state index contributed by atoms with van der Waals surface area (Å²) in [5, 5.41) is 0. The monoisotopic (exact) mass is 314 g/mol. The molecule has 0 saturated heterocycles. The van der Waals surface area contributed by atoms with Gasteiger partial charge in [-0.25, -0.2) is 19.4 Å². The zero-order chi connectivity index (χ0) is 17.3. The smallest absolute Gasteiger partial charge is 0.385 e. The predicted octanol–water partition coefficient (Wildman–Crippen LogP) is 1.17. The molecule has 0 amide bonds. The Morgan fingerprint density at radius 3 is 1.73 bits per heavy atom. The third kappa shape index (κ3) is 7.93. The summed E-state index contributed by atoms with van der Waals surface area (Å²) in [6.45, 7) is 5.33. The lowest BCUT2D eigenvalue weighted by atomic mass is 10.2. The zero-order valence-corrected chi connectivity index (χ0v) is 12.9. The molecule has 0 atom stereocenters. The Morgan fingerprint density at radius 2 is 1.27 bits per heavy atom. The highest BCUT2D eigenvalue weighted by molar-refractivity contribution is 5.96. The first kappa shape index (κ1) is 19.5. The molecule has 0 unspecified atom stereocenters. The molecule has 0 rings (SSSR count). The molecule has 0 fully saturated rings. The number of esters is 1. The Hall–Kier alpha value is -2.51. The maximum absolute atomic E-state index is 11.6. The Kier molecular flexibility index (Phi) is 8.35. The van der Waals surface area contributed by atoms with Crippen molar-refractivity contribution in [1.82, 2.24) is 0 Å². The number of ether oxygens (including phenoxy) is 1. The molecule has 0 saturated carbocycles. The second-order valence-electron chi connectivity index (χ2n) is 4.46. The van der Waals surface area contributed by atoms with Crippen molar-refractivity contribution < 1.29 is 38.5 Å². The Morgan fingerprint density at radius 1 is 0.773 bits per heavy atom. The molecule has 0 aromatic carbocycles. The average molecular weight is 314 g/mol. The number of hydrogen-bond donors (Lipinski definition) is 0. The van der Waals surface area contributed by atoms with Crippen molar-refractivity contribution in [2.45, 2.75) is 47.0 Å². The zero-order valence-electron chi connectivity index (χ0n) is 12.9. The van der Waals surface area contributed by atoms with E-state index in [-0.39, 0.29) is 23.5 Å². The van der Waals surface area contributed by atoms with E-state index in [2.05, 4.69) is 9.78 Å². The second-order valence-corrected chi connectivity index (χ2v) is 4.46. The van der Waals surface area contributed by atoms with Gasteiger partial charge < -0.3 is 4.74 Å². The lowest BCUT2D eigenvalue weighted by Crippen LogP contribution is -2.16. The van der Waals surface area contributed by atoms with Crippen molar-refractivity contribution in [3.05, 3.63) is 11.3 Å². The van der Waals surface area contributed by atoms with Gasteiger partial charge in [0.2, 0.25) is 0 Å². The molecule has 0 aliphatic carbocycles. The highest BCUT2D eigenvalue weighted by atomic mass is 17.2. The summed E-state index contributed by atoms with van der Waals surface area (Å²) in [6.07, 6.45) is -0.754. The quantitative estimate of drug-likeness (QED) is 0.172. The molecule has 122 valence electrons. The molecule has 0 N–H and O–H groups in total. The van der Waals surface area contributed by atoms with E-state index in [4.69, 9.17) is 4.74 Å². The molecular weight excluding hydrogens is 296 g/mol. The van der Waals surface area contributed by atoms with E-state index in [9.17, 15) is 24.0 Å². The molecule has 0 aromatic rings. The molecule has 0 spiro atoms. The van der Waals surface area contributed by atoms with Gasteiger partial charge in [0.1, 0.15) is 30.2 Å². The van der Waals surface area contributed by atoms with Crippen LogP contribution in [0.2, 0.25) is 0 Å². The van der Waals surface area contributed by atoms with Gasteiger partial charge in [0, 0.05) is 6.42 Å². The van der Waals surface area contributed by atoms with Gasteiger partial charge in [0.25, 0.3) is 0 Å². The van der Waals surface area contributed by atoms with Crippen molar-refractivity contribution in [2.24, 2.45) is 0 Å². The van der Waals surface area contributed by atoms with E-state index in [0.717, 1.165) is 0 Å². The van der Waals surface area contributed by atoms with Crippen molar-refractivity contribution >= 4 is 29.5 Å². The minimum Gasteiger partial charge on any atom is -0.430 e. The lowest BCUT2D eigenvalue weighted by Gasteiger charge is -2.09. The minimum absolute atomic E-state index is 0.00105. The number of carbonyl (C=O) groups excluding carboxylic acids is 5. The Bertz CT molecular complexity index is 515. The van der Waals surface area contributed by atoms with Crippen molar-refractivity contribution in [2.75, 3.05) is 0 Å². The van der Waals surface area contributed by atoms with E-state index in [1.54, 1.807) is 6.92 Å². The molecule has 8 nitrogen and oxygen atoms in total. The summed E-state index contributed by atoms with van der Waals surface area (Å²) in [4.78, 5) is 64.0. The third-order valence-corrected chi connectivity index (χ3v) is 2.28. The van der Waals surface area contributed by atoms with Gasteiger partial charge in [0.15, 0.2) is 0 Å². The molecule has 0 heterocycles. The second kappa shape index (κ2) is 9.43. The largest absolute Gasteiger partial charge is 0.430 e. The van der Waals surface area contributed by atoms with Crippen LogP contribution in [-0.4, -0.2) is 29.5 Å². The first-order valence-electron chi connectivity index (χ1n) is 6.48. The number of hydrogen-bond acceptors (Lipinski definition) is 8. The van der Waals surface area contributed by atoms with Crippen LogP contribution in [0.15, 0.2) is 11.3 Å². The van der Waals surface area contributed by atoms with Gasteiger partial charge in [-0.15, -0.1) is 0 Å². The Labute approximate surface area is 127 Å². The topological polar surface area (TPSA) is 113 Å². The van der Waals surface area contributed by atoms with Crippen LogP contribution in [0.25, 0.3) is 0 Å². The van der Waals surface area contributed by atoms with Crippen LogP contribution < -0.4 is 0 Å². The van der Waals surface area contributed by atoms with Crippen molar-refractivity contribution in [1.29, 1.82) is 0 Å². The van der Waals surface area contributed by atoms with Crippen LogP contribution >= 0.6 is 0 Å². The molecule has 22 heavy (non-hydrogen) atoms. The van der Waals surface area contributed by atoms with E-state index in [1.807, 2.05) is 0 Å². The summed E-state index contributed by atoms with van der Waals surface area (Å²) < 4.78 is 4.89. The van der Waals surface area contributed by atoms with Gasteiger partial charge in [0.05, 0.1) is 5.57 Å². The molecule has 0 radical (unpaired) electrons. The standard InChI is InChI=1S/C14H18O8/c1-5-11(20-12(17)6-8(2)15)10(4)14(19)22-21-13(18)7-9(3)16/h5-7H2,1-4H3. The molecular formula is C14H18O8. The highest BCUT2D eigenvalue weighted by Gasteiger charge is 2.19. The summed E-state index contributed by atoms with van der Waals surface area (Å²) in [7, 11) is 0. The highest BCUT2D eigenvalue weighted by Crippen LogP contribution is 2.13.